The maximum atomic E-state index is 13.5. The Balaban J connectivity index is 2.53. The molecule has 1 heterocycles. The van der Waals surface area contributed by atoms with Gasteiger partial charge >= 0.3 is 5.97 Å². The Morgan fingerprint density at radius 1 is 0.452 bits per heavy atom. The summed E-state index contributed by atoms with van der Waals surface area (Å²) in [4.78, 5) is 26.7. The fraction of sp³-hybridized carbons (Fsp3) is 0.918. The van der Waals surface area contributed by atoms with Crippen LogP contribution in [0.2, 0.25) is 0 Å². The number of nitrogens with one attached hydrogen (secondary N) is 1. The van der Waals surface area contributed by atoms with Crippen LogP contribution in [-0.2, 0) is 23.8 Å². The number of unbranched alkanes of at least 4 members (excludes halogenated alkanes) is 48. The van der Waals surface area contributed by atoms with E-state index in [1.54, 1.807) is 6.08 Å². The van der Waals surface area contributed by atoms with Crippen LogP contribution in [0.15, 0.2) is 24.3 Å². The molecule has 1 rings (SSSR count). The summed E-state index contributed by atoms with van der Waals surface area (Å²) in [7, 11) is 0. The molecule has 1 fully saturated rings. The molecule has 1 aliphatic rings. The fourth-order valence-electron chi connectivity index (χ4n) is 11.8. The number of esters is 1. The van der Waals surface area contributed by atoms with Crippen LogP contribution in [-0.4, -0.2) is 99.6 Å². The first kappa shape index (κ1) is 80.2. The first-order valence-electron chi connectivity index (χ1n) is 36.6. The zero-order chi connectivity index (χ0) is 61.0. The van der Waals surface area contributed by atoms with Crippen LogP contribution in [0.25, 0.3) is 0 Å². The van der Waals surface area contributed by atoms with Gasteiger partial charge in [0.15, 0.2) is 12.4 Å². The highest BCUT2D eigenvalue weighted by Crippen LogP contribution is 2.27. The number of allylic oxidation sites excluding steroid dienone is 3. The van der Waals surface area contributed by atoms with Gasteiger partial charge in [-0.1, -0.05) is 334 Å². The molecule has 11 nitrogen and oxygen atoms in total. The molecule has 8 unspecified atom stereocenters. The molecule has 8 atom stereocenters. The normalized spacial score (nSPS) is 18.5. The van der Waals surface area contributed by atoms with Crippen molar-refractivity contribution >= 4 is 11.9 Å². The number of rotatable bonds is 64. The number of amides is 1. The van der Waals surface area contributed by atoms with Gasteiger partial charge in [0.1, 0.15) is 24.4 Å². The Morgan fingerprint density at radius 3 is 1.15 bits per heavy atom. The summed E-state index contributed by atoms with van der Waals surface area (Å²) >= 11 is 0. The van der Waals surface area contributed by atoms with Crippen molar-refractivity contribution in [2.45, 2.75) is 416 Å². The van der Waals surface area contributed by atoms with Crippen molar-refractivity contribution < 1.29 is 49.3 Å². The van der Waals surface area contributed by atoms with Crippen LogP contribution in [0.4, 0.5) is 0 Å². The van der Waals surface area contributed by atoms with E-state index in [9.17, 15) is 35.1 Å². The summed E-state index contributed by atoms with van der Waals surface area (Å²) < 4.78 is 17.7. The van der Waals surface area contributed by atoms with Crippen LogP contribution in [0.3, 0.4) is 0 Å². The minimum Gasteiger partial charge on any atom is -0.454 e. The molecule has 11 heteroatoms. The van der Waals surface area contributed by atoms with Gasteiger partial charge in [-0.2, -0.15) is 0 Å². The van der Waals surface area contributed by atoms with E-state index in [0.717, 1.165) is 57.8 Å². The highest BCUT2D eigenvalue weighted by molar-refractivity contribution is 5.80. The highest BCUT2D eigenvalue weighted by atomic mass is 16.7. The molecular formula is C73H139NO10. The Kier molecular flexibility index (Phi) is 58.6. The van der Waals surface area contributed by atoms with Crippen molar-refractivity contribution in [2.24, 2.45) is 0 Å². The number of carbonyl (C=O) groups excluding carboxylic acids is 2. The van der Waals surface area contributed by atoms with Crippen LogP contribution < -0.4 is 5.32 Å². The van der Waals surface area contributed by atoms with E-state index in [4.69, 9.17) is 14.2 Å². The second kappa shape index (κ2) is 61.4. The largest absolute Gasteiger partial charge is 0.454 e. The van der Waals surface area contributed by atoms with Gasteiger partial charge in [0, 0.05) is 6.42 Å². The molecule has 84 heavy (non-hydrogen) atoms. The summed E-state index contributed by atoms with van der Waals surface area (Å²) in [6.45, 7) is 5.85. The Hall–Kier alpha value is -1.86. The molecule has 0 aromatic rings. The molecular weight excluding hydrogens is 1050 g/mol. The lowest BCUT2D eigenvalue weighted by Gasteiger charge is -2.41. The molecule has 0 aromatic heterocycles. The lowest BCUT2D eigenvalue weighted by Crippen LogP contribution is -2.61. The minimum atomic E-state index is -1.61. The van der Waals surface area contributed by atoms with Gasteiger partial charge < -0.3 is 45.1 Å². The first-order valence-corrected chi connectivity index (χ1v) is 36.6. The van der Waals surface area contributed by atoms with Crippen molar-refractivity contribution in [1.29, 1.82) is 0 Å². The number of aliphatic hydroxyl groups is 5. The Labute approximate surface area is 518 Å². The molecule has 0 aliphatic carbocycles. The maximum absolute atomic E-state index is 13.5. The molecule has 0 saturated carbocycles. The zero-order valence-electron chi connectivity index (χ0n) is 55.3. The third kappa shape index (κ3) is 48.1. The average molecular weight is 1190 g/mol. The summed E-state index contributed by atoms with van der Waals surface area (Å²) in [5.74, 6) is -1.17. The topological polar surface area (TPSA) is 175 Å². The molecule has 1 saturated heterocycles. The summed E-state index contributed by atoms with van der Waals surface area (Å²) in [5, 5.41) is 57.2. The number of carbonyl (C=O) groups is 2. The van der Waals surface area contributed by atoms with Gasteiger partial charge in [-0.05, 0) is 51.4 Å². The van der Waals surface area contributed by atoms with Crippen molar-refractivity contribution in [3.8, 4) is 0 Å². The smallest absolute Gasteiger partial charge is 0.306 e. The van der Waals surface area contributed by atoms with E-state index < -0.39 is 67.4 Å². The monoisotopic (exact) mass is 1190 g/mol. The lowest BCUT2D eigenvalue weighted by atomic mass is 9.99. The van der Waals surface area contributed by atoms with E-state index in [1.807, 2.05) is 6.08 Å². The van der Waals surface area contributed by atoms with Gasteiger partial charge in [-0.3, -0.25) is 9.59 Å². The SMILES string of the molecule is CCCCCCCC/C=C/CCCCCCCCCCCCCCCCCCC(O)C(=O)NC(COC1OC(CO)C(O)C(O)C1OC(=O)CCCCCCCCCCCCCCCCCCC)C(O)/C=C/CCCCCCCCCCCC. The molecule has 1 aliphatic heterocycles. The van der Waals surface area contributed by atoms with Crippen molar-refractivity contribution in [3.05, 3.63) is 24.3 Å². The van der Waals surface area contributed by atoms with Crippen LogP contribution in [0.1, 0.15) is 367 Å². The highest BCUT2D eigenvalue weighted by Gasteiger charge is 2.47. The van der Waals surface area contributed by atoms with E-state index in [2.05, 4.69) is 38.2 Å². The molecule has 496 valence electrons. The number of aliphatic hydroxyl groups excluding tert-OH is 5. The van der Waals surface area contributed by atoms with Crippen LogP contribution in [0, 0.1) is 0 Å². The van der Waals surface area contributed by atoms with E-state index in [1.165, 1.54) is 263 Å². The second-order valence-electron chi connectivity index (χ2n) is 25.7. The first-order chi connectivity index (χ1) is 41.2. The predicted octanol–water partition coefficient (Wildman–Crippen LogP) is 18.8. The van der Waals surface area contributed by atoms with Gasteiger partial charge in [0.05, 0.1) is 25.4 Å². The third-order valence-electron chi connectivity index (χ3n) is 17.6. The quantitative estimate of drug-likeness (QED) is 0.0195. The fourth-order valence-corrected chi connectivity index (χ4v) is 11.8. The zero-order valence-corrected chi connectivity index (χ0v) is 55.3. The lowest BCUT2D eigenvalue weighted by molar-refractivity contribution is -0.305. The van der Waals surface area contributed by atoms with Crippen LogP contribution in [0.5, 0.6) is 0 Å². The van der Waals surface area contributed by atoms with E-state index >= 15 is 0 Å². The number of ether oxygens (including phenoxy) is 3. The summed E-state index contributed by atoms with van der Waals surface area (Å²) in [6, 6.07) is -1.02. The number of hydrogen-bond donors (Lipinski definition) is 6. The molecule has 0 bridgehead atoms. The Bertz CT molecular complexity index is 1460. The second-order valence-corrected chi connectivity index (χ2v) is 25.7. The minimum absolute atomic E-state index is 0.131. The van der Waals surface area contributed by atoms with Gasteiger partial charge in [-0.15, -0.1) is 0 Å². The van der Waals surface area contributed by atoms with Crippen molar-refractivity contribution in [3.63, 3.8) is 0 Å². The summed E-state index contributed by atoms with van der Waals surface area (Å²) in [6.07, 6.45) is 63.7. The van der Waals surface area contributed by atoms with Gasteiger partial charge in [0.25, 0.3) is 0 Å². The molecule has 1 amide bonds. The average Bonchev–Trinajstić information content (AvgIpc) is 3.67. The summed E-state index contributed by atoms with van der Waals surface area (Å²) in [5.41, 5.74) is 0. The number of hydrogen-bond acceptors (Lipinski definition) is 10. The molecule has 0 spiro atoms. The standard InChI is InChI=1S/C73H139NO10/c1-4-7-10-13-16-19-22-25-27-29-30-31-32-33-34-35-36-37-39-40-42-45-48-51-54-57-60-66(77)72(81)74-64(65(76)59-56-53-50-47-44-24-21-18-15-12-9-6-3)63-82-73-71(70(80)69(79)67(62-75)83-73)84-68(78)61-58-55-52-49-46-43-41-38-28-26-23-20-17-14-11-8-5-2/h25,27,56,59,64-67,69-71,73,75-77,79-80H,4-24,26,28-55,57-58,60-63H2,1-3H3,(H,74,81)/b27-25+,59-56+. The van der Waals surface area contributed by atoms with E-state index in [0.29, 0.717) is 19.3 Å². The van der Waals surface area contributed by atoms with Crippen molar-refractivity contribution in [1.82, 2.24) is 5.32 Å². The molecule has 6 N–H and O–H groups in total. The van der Waals surface area contributed by atoms with E-state index in [-0.39, 0.29) is 13.0 Å². The van der Waals surface area contributed by atoms with Gasteiger partial charge in [0.2, 0.25) is 5.91 Å². The molecule has 0 radical (unpaired) electrons. The maximum Gasteiger partial charge on any atom is 0.306 e. The molecule has 0 aromatic carbocycles. The third-order valence-corrected chi connectivity index (χ3v) is 17.6. The van der Waals surface area contributed by atoms with Gasteiger partial charge in [-0.25, -0.2) is 0 Å². The Morgan fingerprint density at radius 2 is 0.786 bits per heavy atom. The van der Waals surface area contributed by atoms with Crippen LogP contribution >= 0.6 is 0 Å². The van der Waals surface area contributed by atoms with Crippen molar-refractivity contribution in [2.75, 3.05) is 13.2 Å². The predicted molar refractivity (Wildman–Crippen MR) is 352 cm³/mol.